The zero-order valence-electron chi connectivity index (χ0n) is 13.7. The molecule has 0 bridgehead atoms. The Morgan fingerprint density at radius 3 is 1.42 bits per heavy atom. The van der Waals surface area contributed by atoms with Gasteiger partial charge in [-0.05, 0) is 11.1 Å². The van der Waals surface area contributed by atoms with Crippen molar-refractivity contribution < 1.29 is 9.47 Å². The van der Waals surface area contributed by atoms with Crippen LogP contribution >= 0.6 is 0 Å². The first-order valence-electron chi connectivity index (χ1n) is 8.68. The molecular formula is C20H24N2O2. The number of rotatable bonds is 9. The van der Waals surface area contributed by atoms with E-state index in [1.165, 1.54) is 11.1 Å². The van der Waals surface area contributed by atoms with Crippen LogP contribution in [0.2, 0.25) is 0 Å². The first kappa shape index (κ1) is 15.8. The van der Waals surface area contributed by atoms with Crippen molar-refractivity contribution in [2.75, 3.05) is 13.1 Å². The summed E-state index contributed by atoms with van der Waals surface area (Å²) in [6.07, 6.45) is 0.155. The fraction of sp³-hybridized carbons (Fsp3) is 0.400. The first-order chi connectivity index (χ1) is 11.9. The Morgan fingerprint density at radius 2 is 1.08 bits per heavy atom. The monoisotopic (exact) mass is 324 g/mol. The van der Waals surface area contributed by atoms with Crippen LogP contribution in [0.1, 0.15) is 11.1 Å². The van der Waals surface area contributed by atoms with Gasteiger partial charge in [-0.25, -0.2) is 0 Å². The average Bonchev–Trinajstić information content (AvgIpc) is 3.52. The quantitative estimate of drug-likeness (QED) is 0.694. The molecule has 2 N–H and O–H groups in total. The predicted octanol–water partition coefficient (Wildman–Crippen LogP) is 2.10. The van der Waals surface area contributed by atoms with E-state index < -0.39 is 0 Å². The normalized spacial score (nSPS) is 24.3. The van der Waals surface area contributed by atoms with Gasteiger partial charge < -0.3 is 20.1 Å². The molecule has 126 valence electrons. The Kier molecular flexibility index (Phi) is 4.90. The van der Waals surface area contributed by atoms with Gasteiger partial charge in [0.05, 0.1) is 13.2 Å². The summed E-state index contributed by atoms with van der Waals surface area (Å²) in [5, 5.41) is 6.80. The van der Waals surface area contributed by atoms with E-state index in [-0.39, 0.29) is 12.2 Å². The SMILES string of the molecule is c1ccc(CO[C@H]([C@@H](OCc2ccccc2)[C@H]2CN2)[C@H]2CN2)cc1. The summed E-state index contributed by atoms with van der Waals surface area (Å²) in [6, 6.07) is 21.5. The largest absolute Gasteiger partial charge is 0.369 e. The number of hydrogen-bond acceptors (Lipinski definition) is 4. The molecule has 2 aromatic carbocycles. The van der Waals surface area contributed by atoms with Gasteiger partial charge >= 0.3 is 0 Å². The average molecular weight is 324 g/mol. The third-order valence-corrected chi connectivity index (χ3v) is 4.57. The molecule has 0 unspecified atom stereocenters. The van der Waals surface area contributed by atoms with Crippen molar-refractivity contribution in [1.29, 1.82) is 0 Å². The molecular weight excluding hydrogens is 300 g/mol. The van der Waals surface area contributed by atoms with Crippen LogP contribution in [0.25, 0.3) is 0 Å². The zero-order chi connectivity index (χ0) is 16.2. The van der Waals surface area contributed by atoms with Gasteiger partial charge in [-0.15, -0.1) is 0 Å². The summed E-state index contributed by atoms with van der Waals surface area (Å²) in [4.78, 5) is 0. The van der Waals surface area contributed by atoms with Crippen molar-refractivity contribution in [1.82, 2.24) is 10.6 Å². The molecule has 4 atom stereocenters. The van der Waals surface area contributed by atoms with Crippen LogP contribution in [-0.4, -0.2) is 37.4 Å². The van der Waals surface area contributed by atoms with E-state index in [9.17, 15) is 0 Å². The molecule has 2 saturated heterocycles. The molecule has 0 radical (unpaired) electrons. The van der Waals surface area contributed by atoms with Crippen LogP contribution in [0.4, 0.5) is 0 Å². The lowest BCUT2D eigenvalue weighted by Gasteiger charge is -2.27. The molecule has 2 aromatic rings. The van der Waals surface area contributed by atoms with Crippen molar-refractivity contribution in [3.05, 3.63) is 71.8 Å². The molecule has 0 aromatic heterocycles. The fourth-order valence-electron chi connectivity index (χ4n) is 3.01. The maximum atomic E-state index is 6.28. The number of benzene rings is 2. The highest BCUT2D eigenvalue weighted by molar-refractivity contribution is 5.15. The smallest absolute Gasteiger partial charge is 0.102 e. The Morgan fingerprint density at radius 1 is 0.708 bits per heavy atom. The third kappa shape index (κ3) is 4.22. The molecule has 2 heterocycles. The van der Waals surface area contributed by atoms with Gasteiger partial charge in [-0.1, -0.05) is 60.7 Å². The molecule has 4 rings (SSSR count). The molecule has 2 aliphatic heterocycles. The van der Waals surface area contributed by atoms with Crippen LogP contribution in [0.5, 0.6) is 0 Å². The lowest BCUT2D eigenvalue weighted by molar-refractivity contribution is -0.0854. The van der Waals surface area contributed by atoms with Crippen molar-refractivity contribution in [3.63, 3.8) is 0 Å². The van der Waals surface area contributed by atoms with Crippen LogP contribution in [0.3, 0.4) is 0 Å². The van der Waals surface area contributed by atoms with Crippen molar-refractivity contribution in [2.45, 2.75) is 37.5 Å². The van der Waals surface area contributed by atoms with Crippen molar-refractivity contribution in [2.24, 2.45) is 0 Å². The predicted molar refractivity (Wildman–Crippen MR) is 93.6 cm³/mol. The van der Waals surface area contributed by atoms with Gasteiger partial charge in [0, 0.05) is 25.2 Å². The maximum Gasteiger partial charge on any atom is 0.102 e. The van der Waals surface area contributed by atoms with Gasteiger partial charge in [0.1, 0.15) is 12.2 Å². The molecule has 0 amide bonds. The van der Waals surface area contributed by atoms with E-state index in [2.05, 4.69) is 59.2 Å². The van der Waals surface area contributed by atoms with Crippen molar-refractivity contribution in [3.8, 4) is 0 Å². The minimum atomic E-state index is 0.0777. The van der Waals surface area contributed by atoms with E-state index in [0.717, 1.165) is 13.1 Å². The molecule has 4 nitrogen and oxygen atoms in total. The summed E-state index contributed by atoms with van der Waals surface area (Å²) in [5.41, 5.74) is 2.41. The summed E-state index contributed by atoms with van der Waals surface area (Å²) < 4.78 is 12.6. The molecule has 0 aliphatic carbocycles. The maximum absolute atomic E-state index is 6.28. The number of hydrogen-bond donors (Lipinski definition) is 2. The lowest BCUT2D eigenvalue weighted by atomic mass is 10.1. The third-order valence-electron chi connectivity index (χ3n) is 4.57. The molecule has 4 heteroatoms. The highest BCUT2D eigenvalue weighted by Crippen LogP contribution is 2.24. The van der Waals surface area contributed by atoms with E-state index in [1.807, 2.05) is 12.1 Å². The van der Waals surface area contributed by atoms with Crippen LogP contribution in [-0.2, 0) is 22.7 Å². The fourth-order valence-corrected chi connectivity index (χ4v) is 3.01. The lowest BCUT2D eigenvalue weighted by Crippen LogP contribution is -2.41. The zero-order valence-corrected chi connectivity index (χ0v) is 13.7. The van der Waals surface area contributed by atoms with Crippen LogP contribution in [0, 0.1) is 0 Å². The highest BCUT2D eigenvalue weighted by Gasteiger charge is 2.45. The van der Waals surface area contributed by atoms with E-state index in [1.54, 1.807) is 0 Å². The topological polar surface area (TPSA) is 62.3 Å². The Hall–Kier alpha value is -1.72. The van der Waals surface area contributed by atoms with Gasteiger partial charge in [-0.3, -0.25) is 0 Å². The summed E-state index contributed by atoms with van der Waals surface area (Å²) >= 11 is 0. The summed E-state index contributed by atoms with van der Waals surface area (Å²) in [7, 11) is 0. The molecule has 2 fully saturated rings. The standard InChI is InChI=1S/C20H24N2O2/c1-3-7-15(8-4-1)13-23-19(17-11-21-17)20(18-12-22-18)24-14-16-9-5-2-6-10-16/h1-10,17-22H,11-14H2/t17-,18-,19+,20+/m1/s1. The van der Waals surface area contributed by atoms with E-state index in [4.69, 9.17) is 9.47 Å². The van der Waals surface area contributed by atoms with Crippen LogP contribution in [0.15, 0.2) is 60.7 Å². The summed E-state index contributed by atoms with van der Waals surface area (Å²) in [6.45, 7) is 3.28. The molecule has 0 saturated carbocycles. The van der Waals surface area contributed by atoms with E-state index >= 15 is 0 Å². The molecule has 2 aliphatic rings. The second-order valence-electron chi connectivity index (χ2n) is 6.55. The second-order valence-corrected chi connectivity index (χ2v) is 6.55. The van der Waals surface area contributed by atoms with E-state index in [0.29, 0.717) is 25.3 Å². The summed E-state index contributed by atoms with van der Waals surface area (Å²) in [5.74, 6) is 0. The minimum absolute atomic E-state index is 0.0777. The number of nitrogens with one attached hydrogen (secondary N) is 2. The highest BCUT2D eigenvalue weighted by atomic mass is 16.5. The number of ether oxygens (including phenoxy) is 2. The molecule has 0 spiro atoms. The minimum Gasteiger partial charge on any atom is -0.369 e. The Bertz CT molecular complexity index is 569. The van der Waals surface area contributed by atoms with Gasteiger partial charge in [0.25, 0.3) is 0 Å². The Balaban J connectivity index is 1.39. The Labute approximate surface area is 143 Å². The van der Waals surface area contributed by atoms with Gasteiger partial charge in [0.2, 0.25) is 0 Å². The van der Waals surface area contributed by atoms with Gasteiger partial charge in [0.15, 0.2) is 0 Å². The first-order valence-corrected chi connectivity index (χ1v) is 8.68. The second kappa shape index (κ2) is 7.45. The van der Waals surface area contributed by atoms with Gasteiger partial charge in [-0.2, -0.15) is 0 Å². The molecule has 24 heavy (non-hydrogen) atoms. The van der Waals surface area contributed by atoms with Crippen LogP contribution < -0.4 is 10.6 Å². The van der Waals surface area contributed by atoms with Crippen molar-refractivity contribution >= 4 is 0 Å².